The lowest BCUT2D eigenvalue weighted by atomic mass is 9.87. The van der Waals surface area contributed by atoms with Gasteiger partial charge in [-0.2, -0.15) is 0 Å². The van der Waals surface area contributed by atoms with Gasteiger partial charge in [0.25, 0.3) is 0 Å². The van der Waals surface area contributed by atoms with Gasteiger partial charge in [0.2, 0.25) is 0 Å². The zero-order valence-corrected chi connectivity index (χ0v) is 20.6. The van der Waals surface area contributed by atoms with Gasteiger partial charge in [-0.05, 0) is 70.1 Å². The molecule has 1 fully saturated rings. The predicted molar refractivity (Wildman–Crippen MR) is 133 cm³/mol. The Morgan fingerprint density at radius 1 is 1.31 bits per heavy atom. The minimum atomic E-state index is -0.383. The maximum absolute atomic E-state index is 11.8. The van der Waals surface area contributed by atoms with Gasteiger partial charge >= 0.3 is 6.09 Å². The Morgan fingerprint density at radius 2 is 1.97 bits per heavy atom. The molecule has 1 aliphatic heterocycles. The van der Waals surface area contributed by atoms with Gasteiger partial charge in [0, 0.05) is 44.3 Å². The van der Waals surface area contributed by atoms with Crippen LogP contribution in [0.4, 0.5) is 4.79 Å². The van der Waals surface area contributed by atoms with Crippen molar-refractivity contribution in [1.29, 1.82) is 0 Å². The summed E-state index contributed by atoms with van der Waals surface area (Å²) in [6.45, 7) is 13.9. The second kappa shape index (κ2) is 11.2. The molecule has 0 atom stereocenters. The fraction of sp³-hybridized carbons (Fsp3) is 0.560. The van der Waals surface area contributed by atoms with Crippen LogP contribution in [0.1, 0.15) is 59.9 Å². The zero-order valence-electron chi connectivity index (χ0n) is 20.6. The number of carbonyl (C=O) groups excluding carboxylic acids is 1. The van der Waals surface area contributed by atoms with E-state index in [0.717, 1.165) is 59.9 Å². The average molecular weight is 442 g/mol. The maximum Gasteiger partial charge on any atom is 0.410 e. The van der Waals surface area contributed by atoms with Crippen LogP contribution in [-0.2, 0) is 4.74 Å². The van der Waals surface area contributed by atoms with Crippen LogP contribution in [0, 0.1) is 11.8 Å². The molecule has 0 radical (unpaired) electrons. The Morgan fingerprint density at radius 3 is 2.50 bits per heavy atom. The number of aromatic nitrogens is 2. The molecule has 7 nitrogen and oxygen atoms in total. The van der Waals surface area contributed by atoms with Crippen LogP contribution >= 0.6 is 0 Å². The lowest BCUT2D eigenvalue weighted by molar-refractivity contribution is 0.0166. The highest BCUT2D eigenvalue weighted by Crippen LogP contribution is 2.25. The number of hydrogen-bond acceptors (Lipinski definition) is 5. The van der Waals surface area contributed by atoms with Crippen molar-refractivity contribution in [3.8, 4) is 0 Å². The molecule has 32 heavy (non-hydrogen) atoms. The van der Waals surface area contributed by atoms with E-state index >= 15 is 0 Å². The van der Waals surface area contributed by atoms with Gasteiger partial charge in [-0.3, -0.25) is 14.7 Å². The molecule has 1 amide bonds. The zero-order chi connectivity index (χ0) is 23.9. The predicted octanol–water partition coefficient (Wildman–Crippen LogP) is 5.14. The Hall–Kier alpha value is -2.83. The van der Waals surface area contributed by atoms with Crippen LogP contribution in [0.15, 0.2) is 35.6 Å². The number of pyridine rings is 1. The largest absolute Gasteiger partial charge is 0.444 e. The first kappa shape index (κ1) is 25.4. The van der Waals surface area contributed by atoms with Crippen molar-refractivity contribution in [3.63, 3.8) is 0 Å². The van der Waals surface area contributed by atoms with E-state index < -0.39 is 0 Å². The van der Waals surface area contributed by atoms with Crippen molar-refractivity contribution >= 4 is 28.9 Å². The van der Waals surface area contributed by atoms with E-state index in [1.807, 2.05) is 63.2 Å². The van der Waals surface area contributed by atoms with Crippen LogP contribution in [0.2, 0.25) is 0 Å². The fourth-order valence-corrected chi connectivity index (χ4v) is 3.72. The number of ether oxygens (including phenoxy) is 1. The number of rotatable bonds is 3. The van der Waals surface area contributed by atoms with E-state index in [1.54, 1.807) is 17.9 Å². The molecule has 0 unspecified atom stereocenters. The first-order valence-corrected chi connectivity index (χ1v) is 11.3. The quantitative estimate of drug-likeness (QED) is 0.528. The minimum absolute atomic E-state index is 0.158. The van der Waals surface area contributed by atoms with Crippen LogP contribution in [-0.4, -0.2) is 52.6 Å². The summed E-state index contributed by atoms with van der Waals surface area (Å²) in [7, 11) is 1.75. The summed E-state index contributed by atoms with van der Waals surface area (Å²) < 4.78 is 6.93. The molecule has 2 aromatic rings. The number of nitrogens with zero attached hydrogens (tertiary/aromatic N) is 4. The molecule has 3 rings (SSSR count). The summed E-state index contributed by atoms with van der Waals surface area (Å²) in [5, 5.41) is 0. The summed E-state index contributed by atoms with van der Waals surface area (Å²) in [6.07, 6.45) is 9.50. The van der Waals surface area contributed by atoms with Gasteiger partial charge in [-0.15, -0.1) is 0 Å². The van der Waals surface area contributed by atoms with Gasteiger partial charge in [-0.1, -0.05) is 19.9 Å². The molecular formula is C25H39N5O2. The van der Waals surface area contributed by atoms with E-state index in [0.29, 0.717) is 0 Å². The molecule has 2 N–H and O–H groups in total. The molecule has 1 aliphatic rings. The van der Waals surface area contributed by atoms with Gasteiger partial charge in [0.15, 0.2) is 0 Å². The Balaban J connectivity index is 0.000000227. The number of carbonyl (C=O) groups is 1. The van der Waals surface area contributed by atoms with E-state index in [4.69, 9.17) is 10.6 Å². The number of allylic oxidation sites excluding steroid dienone is 2. The van der Waals surface area contributed by atoms with E-state index in [-0.39, 0.29) is 11.7 Å². The third-order valence-electron chi connectivity index (χ3n) is 5.62. The fourth-order valence-electron chi connectivity index (χ4n) is 3.72. The Labute approximate surface area is 192 Å². The monoisotopic (exact) mass is 441 g/mol. The highest BCUT2D eigenvalue weighted by atomic mass is 16.6. The standard InChI is InChI=1S/C13H25NO2.C12H14N4/c1-10(2)11-6-8-14(9-7-11)12(15)16-13(3,4)5;1-3-9(7-14-2)10-6-12-11(15-8-10)4-5-16(12)13/h10-11H,6-9H2,1-5H3;3-8H,13H2,1-2H3/b;9-3+,14-7?. The molecule has 3 heterocycles. The van der Waals surface area contributed by atoms with Crippen molar-refractivity contribution in [2.75, 3.05) is 26.0 Å². The summed E-state index contributed by atoms with van der Waals surface area (Å²) in [5.41, 5.74) is 3.49. The first-order valence-electron chi connectivity index (χ1n) is 11.3. The number of fused-ring (bicyclic) bond motifs is 1. The van der Waals surface area contributed by atoms with Crippen LogP contribution in [0.25, 0.3) is 16.6 Å². The molecule has 0 saturated carbocycles. The molecule has 176 valence electrons. The Bertz CT molecular complexity index is 945. The first-order chi connectivity index (χ1) is 15.1. The number of amides is 1. The number of nitrogen functional groups attached to an aromatic ring is 1. The second-order valence-electron chi connectivity index (χ2n) is 9.53. The van der Waals surface area contributed by atoms with Crippen LogP contribution in [0.5, 0.6) is 0 Å². The number of likely N-dealkylation sites (tertiary alicyclic amines) is 1. The summed E-state index contributed by atoms with van der Waals surface area (Å²) in [6, 6.07) is 3.90. The van der Waals surface area contributed by atoms with Crippen LogP contribution in [0.3, 0.4) is 0 Å². The van der Waals surface area contributed by atoms with Crippen molar-refractivity contribution in [2.24, 2.45) is 16.8 Å². The normalized spacial score (nSPS) is 15.9. The molecule has 0 spiro atoms. The number of aliphatic imine (C=N–C) groups is 1. The van der Waals surface area contributed by atoms with E-state index in [2.05, 4.69) is 23.8 Å². The minimum Gasteiger partial charge on any atom is -0.444 e. The third-order valence-corrected chi connectivity index (χ3v) is 5.62. The lowest BCUT2D eigenvalue weighted by Crippen LogP contribution is -2.42. The summed E-state index contributed by atoms with van der Waals surface area (Å²) in [5.74, 6) is 7.27. The highest BCUT2D eigenvalue weighted by Gasteiger charge is 2.27. The molecule has 0 aliphatic carbocycles. The van der Waals surface area contributed by atoms with Crippen molar-refractivity contribution < 1.29 is 9.53 Å². The highest BCUT2D eigenvalue weighted by molar-refractivity contribution is 6.10. The summed E-state index contributed by atoms with van der Waals surface area (Å²) in [4.78, 5) is 22.0. The lowest BCUT2D eigenvalue weighted by Gasteiger charge is -2.34. The maximum atomic E-state index is 11.8. The molecule has 7 heteroatoms. The SMILES string of the molecule is C/C=C(\C=NC)c1cnc2ccn(N)c2c1.CC(C)C1CCN(C(=O)OC(C)(C)C)CC1. The molecular weight excluding hydrogens is 402 g/mol. The van der Waals surface area contributed by atoms with Crippen molar-refractivity contribution in [3.05, 3.63) is 36.2 Å². The molecule has 1 saturated heterocycles. The van der Waals surface area contributed by atoms with Gasteiger partial charge in [0.1, 0.15) is 5.60 Å². The topological polar surface area (TPSA) is 85.7 Å². The average Bonchev–Trinajstić information content (AvgIpc) is 3.11. The number of piperidine rings is 1. The smallest absolute Gasteiger partial charge is 0.410 e. The van der Waals surface area contributed by atoms with E-state index in [9.17, 15) is 4.79 Å². The van der Waals surface area contributed by atoms with Gasteiger partial charge in [-0.25, -0.2) is 4.79 Å². The van der Waals surface area contributed by atoms with Gasteiger partial charge < -0.3 is 15.5 Å². The van der Waals surface area contributed by atoms with Crippen molar-refractivity contribution in [1.82, 2.24) is 14.6 Å². The molecule has 0 bridgehead atoms. The molecule has 0 aromatic carbocycles. The third kappa shape index (κ3) is 7.11. The van der Waals surface area contributed by atoms with Gasteiger partial charge in [0.05, 0.1) is 11.0 Å². The van der Waals surface area contributed by atoms with Crippen LogP contribution < -0.4 is 5.84 Å². The second-order valence-corrected chi connectivity index (χ2v) is 9.53. The number of nitrogens with two attached hydrogens (primary N) is 1. The van der Waals surface area contributed by atoms with Crippen molar-refractivity contribution in [2.45, 2.75) is 60.0 Å². The molecule has 2 aromatic heterocycles. The summed E-state index contributed by atoms with van der Waals surface area (Å²) >= 11 is 0. The number of hydrogen-bond donors (Lipinski definition) is 1. The Kier molecular flexibility index (Phi) is 8.87. The van der Waals surface area contributed by atoms with E-state index in [1.165, 1.54) is 0 Å².